The molecule has 0 aliphatic heterocycles. The third-order valence-corrected chi connectivity index (χ3v) is 2.99. The molecule has 1 heterocycles. The van der Waals surface area contributed by atoms with Crippen LogP contribution >= 0.6 is 0 Å². The van der Waals surface area contributed by atoms with E-state index >= 15 is 0 Å². The third kappa shape index (κ3) is 2.47. The summed E-state index contributed by atoms with van der Waals surface area (Å²) in [6.07, 6.45) is 4.15. The minimum atomic E-state index is -1.33. The molecule has 2 amide bonds. The van der Waals surface area contributed by atoms with Gasteiger partial charge in [0.05, 0.1) is 0 Å². The highest BCUT2D eigenvalue weighted by molar-refractivity contribution is 5.94. The Kier molecular flexibility index (Phi) is 3.14. The quantitative estimate of drug-likeness (QED) is 0.549. The molecular weight excluding hydrogens is 222 g/mol. The van der Waals surface area contributed by atoms with Gasteiger partial charge in [-0.2, -0.15) is 0 Å². The van der Waals surface area contributed by atoms with Gasteiger partial charge in [-0.05, 0) is 37.8 Å². The van der Waals surface area contributed by atoms with E-state index in [1.54, 1.807) is 18.3 Å². The molecule has 0 saturated heterocycles. The number of hydrogen-bond acceptors (Lipinski definition) is 3. The number of hydrogen-bond donors (Lipinski definition) is 4. The highest BCUT2D eigenvalue weighted by atomic mass is 16.3. The first-order chi connectivity index (χ1) is 8.12. The fraction of sp³-hybridized carbons (Fsp3) is 0.455. The summed E-state index contributed by atoms with van der Waals surface area (Å²) in [5, 5.41) is 9.93. The Bertz CT molecular complexity index is 408. The summed E-state index contributed by atoms with van der Waals surface area (Å²) in [6, 6.07) is 3.27. The fourth-order valence-corrected chi connectivity index (χ4v) is 1.96. The molecule has 0 unspecified atom stereocenters. The molecule has 0 atom stereocenters. The van der Waals surface area contributed by atoms with Crippen molar-refractivity contribution in [3.8, 4) is 0 Å². The van der Waals surface area contributed by atoms with Gasteiger partial charge in [-0.1, -0.05) is 0 Å². The van der Waals surface area contributed by atoms with Gasteiger partial charge in [0.1, 0.15) is 11.3 Å². The van der Waals surface area contributed by atoms with Crippen molar-refractivity contribution in [2.45, 2.75) is 31.3 Å². The van der Waals surface area contributed by atoms with Gasteiger partial charge in [0.15, 0.2) is 0 Å². The highest BCUT2D eigenvalue weighted by Crippen LogP contribution is 2.29. The molecule has 1 saturated carbocycles. The summed E-state index contributed by atoms with van der Waals surface area (Å²) in [5.74, 6) is -0.986. The Morgan fingerprint density at radius 1 is 1.29 bits per heavy atom. The average Bonchev–Trinajstić information content (AvgIpc) is 2.96. The maximum absolute atomic E-state index is 11.7. The van der Waals surface area contributed by atoms with Crippen molar-refractivity contribution in [3.63, 3.8) is 0 Å². The van der Waals surface area contributed by atoms with Gasteiger partial charge in [-0.15, -0.1) is 0 Å². The van der Waals surface area contributed by atoms with E-state index in [1.807, 2.05) is 0 Å². The molecular formula is C11H15N3O3. The van der Waals surface area contributed by atoms with E-state index in [0.29, 0.717) is 18.5 Å². The molecule has 6 nitrogen and oxygen atoms in total. The molecule has 17 heavy (non-hydrogen) atoms. The Labute approximate surface area is 98.4 Å². The first-order valence-electron chi connectivity index (χ1n) is 5.58. The lowest BCUT2D eigenvalue weighted by atomic mass is 10.0. The highest BCUT2D eigenvalue weighted by Gasteiger charge is 2.38. The minimum Gasteiger partial charge on any atom is -0.380 e. The molecule has 2 rings (SSSR count). The third-order valence-electron chi connectivity index (χ3n) is 2.99. The number of aliphatic hydroxyl groups is 1. The standard InChI is InChI=1S/C11H15N3O3/c15-9(8-4-3-7-12-8)13-14-10(16)11(17)5-1-2-6-11/h3-4,7,12,17H,1-2,5-6H2,(H,13,15)(H,14,16). The monoisotopic (exact) mass is 237 g/mol. The molecule has 1 fully saturated rings. The number of nitrogens with one attached hydrogen (secondary N) is 3. The number of hydrazine groups is 1. The zero-order valence-electron chi connectivity index (χ0n) is 9.32. The molecule has 0 bridgehead atoms. The van der Waals surface area contributed by atoms with Crippen LogP contribution in [-0.2, 0) is 4.79 Å². The predicted molar refractivity (Wildman–Crippen MR) is 59.8 cm³/mol. The smallest absolute Gasteiger partial charge is 0.286 e. The molecule has 0 spiro atoms. The van der Waals surface area contributed by atoms with Gasteiger partial charge in [0.25, 0.3) is 11.8 Å². The molecule has 1 aliphatic carbocycles. The normalized spacial score (nSPS) is 17.7. The van der Waals surface area contributed by atoms with Gasteiger partial charge >= 0.3 is 0 Å². The zero-order valence-corrected chi connectivity index (χ0v) is 9.32. The molecule has 0 radical (unpaired) electrons. The van der Waals surface area contributed by atoms with E-state index in [1.165, 1.54) is 0 Å². The number of H-pyrrole nitrogens is 1. The largest absolute Gasteiger partial charge is 0.380 e. The molecule has 1 aromatic rings. The summed E-state index contributed by atoms with van der Waals surface area (Å²) in [5.41, 5.74) is 3.52. The first-order valence-corrected chi connectivity index (χ1v) is 5.58. The summed E-state index contributed by atoms with van der Waals surface area (Å²) in [4.78, 5) is 25.9. The lowest BCUT2D eigenvalue weighted by molar-refractivity contribution is -0.139. The summed E-state index contributed by atoms with van der Waals surface area (Å²) < 4.78 is 0. The van der Waals surface area contributed by atoms with E-state index in [9.17, 15) is 14.7 Å². The average molecular weight is 237 g/mol. The van der Waals surface area contributed by atoms with Crippen LogP contribution in [0, 0.1) is 0 Å². The maximum atomic E-state index is 11.7. The molecule has 6 heteroatoms. The van der Waals surface area contributed by atoms with E-state index in [2.05, 4.69) is 15.8 Å². The van der Waals surface area contributed by atoms with Crippen molar-refractivity contribution >= 4 is 11.8 Å². The van der Waals surface area contributed by atoms with Crippen molar-refractivity contribution in [2.75, 3.05) is 0 Å². The lowest BCUT2D eigenvalue weighted by Gasteiger charge is -2.20. The number of aromatic amines is 1. The molecule has 0 aromatic carbocycles. The SMILES string of the molecule is O=C(NNC(=O)C1(O)CCCC1)c1ccc[nH]1. The van der Waals surface area contributed by atoms with Crippen LogP contribution < -0.4 is 10.9 Å². The van der Waals surface area contributed by atoms with Crippen LogP contribution in [0.15, 0.2) is 18.3 Å². The van der Waals surface area contributed by atoms with Crippen molar-refractivity contribution in [3.05, 3.63) is 24.0 Å². The Morgan fingerprint density at radius 3 is 2.59 bits per heavy atom. The number of amides is 2. The number of carbonyl (C=O) groups is 2. The fourth-order valence-electron chi connectivity index (χ4n) is 1.96. The van der Waals surface area contributed by atoms with Crippen LogP contribution in [0.3, 0.4) is 0 Å². The van der Waals surface area contributed by atoms with Gasteiger partial charge in [0, 0.05) is 6.20 Å². The molecule has 1 aromatic heterocycles. The molecule has 4 N–H and O–H groups in total. The summed E-state index contributed by atoms with van der Waals surface area (Å²) >= 11 is 0. The number of rotatable bonds is 2. The topological polar surface area (TPSA) is 94.2 Å². The first kappa shape index (κ1) is 11.7. The van der Waals surface area contributed by atoms with Crippen LogP contribution in [0.1, 0.15) is 36.2 Å². The van der Waals surface area contributed by atoms with Crippen LogP contribution in [0.25, 0.3) is 0 Å². The molecule has 92 valence electrons. The van der Waals surface area contributed by atoms with E-state index in [4.69, 9.17) is 0 Å². The van der Waals surface area contributed by atoms with E-state index in [0.717, 1.165) is 12.8 Å². The minimum absolute atomic E-state index is 0.351. The van der Waals surface area contributed by atoms with Crippen LogP contribution in [0.2, 0.25) is 0 Å². The second-order valence-corrected chi connectivity index (χ2v) is 4.23. The lowest BCUT2D eigenvalue weighted by Crippen LogP contribution is -2.52. The second kappa shape index (κ2) is 4.58. The predicted octanol–water partition coefficient (Wildman–Crippen LogP) is 0.0808. The maximum Gasteiger partial charge on any atom is 0.286 e. The number of aromatic nitrogens is 1. The van der Waals surface area contributed by atoms with Gasteiger partial charge < -0.3 is 10.1 Å². The second-order valence-electron chi connectivity index (χ2n) is 4.23. The van der Waals surface area contributed by atoms with Crippen molar-refractivity contribution < 1.29 is 14.7 Å². The van der Waals surface area contributed by atoms with Crippen LogP contribution in [-0.4, -0.2) is 27.5 Å². The van der Waals surface area contributed by atoms with Crippen molar-refractivity contribution in [1.29, 1.82) is 0 Å². The molecule has 1 aliphatic rings. The van der Waals surface area contributed by atoms with Gasteiger partial charge in [-0.3, -0.25) is 20.4 Å². The van der Waals surface area contributed by atoms with Crippen LogP contribution in [0.4, 0.5) is 0 Å². The van der Waals surface area contributed by atoms with Crippen molar-refractivity contribution in [1.82, 2.24) is 15.8 Å². The van der Waals surface area contributed by atoms with E-state index < -0.39 is 17.4 Å². The summed E-state index contributed by atoms with van der Waals surface area (Å²) in [6.45, 7) is 0. The van der Waals surface area contributed by atoms with E-state index in [-0.39, 0.29) is 0 Å². The summed E-state index contributed by atoms with van der Waals surface area (Å²) in [7, 11) is 0. The van der Waals surface area contributed by atoms with Gasteiger partial charge in [-0.25, -0.2) is 0 Å². The Morgan fingerprint density at radius 2 is 2.00 bits per heavy atom. The van der Waals surface area contributed by atoms with Crippen LogP contribution in [0.5, 0.6) is 0 Å². The Balaban J connectivity index is 1.86. The van der Waals surface area contributed by atoms with Crippen molar-refractivity contribution in [2.24, 2.45) is 0 Å². The van der Waals surface area contributed by atoms with Gasteiger partial charge in [0.2, 0.25) is 0 Å². The zero-order chi connectivity index (χ0) is 12.3. The number of carbonyl (C=O) groups excluding carboxylic acids is 2. The Hall–Kier alpha value is -1.82.